The Morgan fingerprint density at radius 3 is 2.47 bits per heavy atom. The van der Waals surface area contributed by atoms with Gasteiger partial charge in [-0.15, -0.1) is 0 Å². The fourth-order valence-corrected chi connectivity index (χ4v) is 4.43. The fourth-order valence-electron chi connectivity index (χ4n) is 4.43. The summed E-state index contributed by atoms with van der Waals surface area (Å²) in [6.45, 7) is 13.0. The summed E-state index contributed by atoms with van der Waals surface area (Å²) in [5.41, 5.74) is 4.07. The number of piperazine rings is 1. The van der Waals surface area contributed by atoms with Crippen LogP contribution in [-0.4, -0.2) is 42.3 Å². The van der Waals surface area contributed by atoms with Gasteiger partial charge in [0.1, 0.15) is 5.75 Å². The van der Waals surface area contributed by atoms with Gasteiger partial charge in [-0.25, -0.2) is 9.37 Å². The molecule has 2 heterocycles. The van der Waals surface area contributed by atoms with Gasteiger partial charge in [-0.05, 0) is 68.1 Å². The Hall–Kier alpha value is -3.35. The Labute approximate surface area is 201 Å². The molecule has 0 atom stereocenters. The van der Waals surface area contributed by atoms with Gasteiger partial charge in [-0.2, -0.15) is 4.98 Å². The lowest BCUT2D eigenvalue weighted by atomic mass is 9.98. The number of ether oxygens (including phenoxy) is 1. The number of benzene rings is 2. The maximum Gasteiger partial charge on any atom is 0.227 e. The summed E-state index contributed by atoms with van der Waals surface area (Å²) in [6.07, 6.45) is 1.26. The zero-order valence-electron chi connectivity index (χ0n) is 20.9. The van der Waals surface area contributed by atoms with Crippen molar-refractivity contribution in [1.29, 1.82) is 0 Å². The van der Waals surface area contributed by atoms with Gasteiger partial charge in [0.15, 0.2) is 11.6 Å². The average Bonchev–Trinajstić information content (AvgIpc) is 2.81. The third-order valence-corrected chi connectivity index (χ3v) is 6.48. The number of rotatable bonds is 6. The highest BCUT2D eigenvalue weighted by molar-refractivity contribution is 5.63. The van der Waals surface area contributed by atoms with E-state index in [1.807, 2.05) is 19.1 Å². The van der Waals surface area contributed by atoms with E-state index in [0.29, 0.717) is 18.4 Å². The number of hydrogen-bond acceptors (Lipinski definition) is 6. The molecule has 1 aliphatic rings. The highest BCUT2D eigenvalue weighted by Gasteiger charge is 2.35. The molecule has 1 aliphatic heterocycles. The molecule has 6 nitrogen and oxygen atoms in total. The molecule has 0 unspecified atom stereocenters. The number of nitrogens with zero attached hydrogens (tertiary/aromatic N) is 4. The lowest BCUT2D eigenvalue weighted by molar-refractivity contribution is 0.407. The van der Waals surface area contributed by atoms with E-state index in [9.17, 15) is 4.39 Å². The first-order valence-electron chi connectivity index (χ1n) is 11.7. The summed E-state index contributed by atoms with van der Waals surface area (Å²) < 4.78 is 20.0. The first-order valence-corrected chi connectivity index (χ1v) is 11.7. The summed E-state index contributed by atoms with van der Waals surface area (Å²) in [5, 5.41) is 3.21. The predicted octanol–water partition coefficient (Wildman–Crippen LogP) is 5.90. The van der Waals surface area contributed by atoms with Crippen LogP contribution >= 0.6 is 0 Å². The van der Waals surface area contributed by atoms with E-state index >= 15 is 0 Å². The van der Waals surface area contributed by atoms with Crippen molar-refractivity contribution in [2.24, 2.45) is 0 Å². The predicted molar refractivity (Wildman–Crippen MR) is 137 cm³/mol. The van der Waals surface area contributed by atoms with Gasteiger partial charge in [0, 0.05) is 31.0 Å². The molecule has 0 saturated carbocycles. The zero-order valence-corrected chi connectivity index (χ0v) is 20.9. The van der Waals surface area contributed by atoms with Crippen LogP contribution < -0.4 is 19.9 Å². The Balaban J connectivity index is 1.55. The molecule has 0 amide bonds. The van der Waals surface area contributed by atoms with Crippen molar-refractivity contribution in [1.82, 2.24) is 9.97 Å². The molecule has 2 aromatic carbocycles. The van der Waals surface area contributed by atoms with E-state index in [-0.39, 0.29) is 11.4 Å². The number of anilines is 4. The van der Waals surface area contributed by atoms with Gasteiger partial charge in [0.05, 0.1) is 18.8 Å². The molecule has 0 bridgehead atoms. The summed E-state index contributed by atoms with van der Waals surface area (Å²) in [7, 11) is 1.67. The molecule has 1 aromatic heterocycles. The number of nitrogens with one attached hydrogen (secondary N) is 1. The molecule has 0 aliphatic carbocycles. The molecule has 34 heavy (non-hydrogen) atoms. The van der Waals surface area contributed by atoms with E-state index in [0.717, 1.165) is 35.8 Å². The molecule has 1 N–H and O–H groups in total. The maximum atomic E-state index is 14.7. The largest absolute Gasteiger partial charge is 0.497 e. The van der Waals surface area contributed by atoms with Gasteiger partial charge in [-0.1, -0.05) is 26.0 Å². The SMILES string of the molecule is COc1ccc(N2CCN(c3ncc(F)c(Nc4cc(C(C)C)ccc4C)n3)CC2(C)C)cc1. The molecule has 3 aromatic rings. The standard InChI is InChI=1S/C27H34FN5O/c1-18(2)20-8-7-19(3)24(15-20)30-25-23(28)16-29-26(31-25)32-13-14-33(27(4,5)17-32)21-9-11-22(34-6)12-10-21/h7-12,15-16,18H,13-14,17H2,1-6H3,(H,29,30,31). The van der Waals surface area contributed by atoms with Crippen LogP contribution in [0.15, 0.2) is 48.7 Å². The quantitative estimate of drug-likeness (QED) is 0.491. The Bertz CT molecular complexity index is 1150. The first-order chi connectivity index (χ1) is 16.2. The van der Waals surface area contributed by atoms with Crippen molar-refractivity contribution in [2.75, 3.05) is 41.9 Å². The molecule has 7 heteroatoms. The van der Waals surface area contributed by atoms with E-state index in [1.54, 1.807) is 7.11 Å². The fraction of sp³-hybridized carbons (Fsp3) is 0.407. The average molecular weight is 464 g/mol. The number of methoxy groups -OCH3 is 1. The number of aromatic nitrogens is 2. The van der Waals surface area contributed by atoms with Crippen molar-refractivity contribution in [2.45, 2.75) is 46.1 Å². The van der Waals surface area contributed by atoms with Gasteiger partial charge < -0.3 is 19.9 Å². The maximum absolute atomic E-state index is 14.7. The van der Waals surface area contributed by atoms with Crippen LogP contribution in [0.2, 0.25) is 0 Å². The van der Waals surface area contributed by atoms with Crippen LogP contribution in [0, 0.1) is 12.7 Å². The lowest BCUT2D eigenvalue weighted by Crippen LogP contribution is -2.60. The van der Waals surface area contributed by atoms with Crippen LogP contribution in [0.3, 0.4) is 0 Å². The van der Waals surface area contributed by atoms with E-state index < -0.39 is 5.82 Å². The van der Waals surface area contributed by atoms with Gasteiger partial charge in [0.2, 0.25) is 5.95 Å². The minimum Gasteiger partial charge on any atom is -0.497 e. The minimum atomic E-state index is -0.464. The molecule has 1 fully saturated rings. The van der Waals surface area contributed by atoms with Crippen LogP contribution in [-0.2, 0) is 0 Å². The van der Waals surface area contributed by atoms with Crippen LogP contribution in [0.4, 0.5) is 27.5 Å². The summed E-state index contributed by atoms with van der Waals surface area (Å²) in [4.78, 5) is 13.4. The molecule has 4 rings (SSSR count). The molecule has 0 radical (unpaired) electrons. The lowest BCUT2D eigenvalue weighted by Gasteiger charge is -2.48. The summed E-state index contributed by atoms with van der Waals surface area (Å²) >= 11 is 0. The van der Waals surface area contributed by atoms with Crippen LogP contribution in [0.1, 0.15) is 44.7 Å². The number of halogens is 1. The topological polar surface area (TPSA) is 53.5 Å². The van der Waals surface area contributed by atoms with Crippen LogP contribution in [0.5, 0.6) is 5.75 Å². The molecular weight excluding hydrogens is 429 g/mol. The zero-order chi connectivity index (χ0) is 24.5. The van der Waals surface area contributed by atoms with Crippen molar-refractivity contribution >= 4 is 23.1 Å². The Morgan fingerprint density at radius 2 is 1.82 bits per heavy atom. The summed E-state index contributed by atoms with van der Waals surface area (Å²) in [6, 6.07) is 14.4. The van der Waals surface area contributed by atoms with Gasteiger partial charge in [-0.3, -0.25) is 0 Å². The van der Waals surface area contributed by atoms with Crippen molar-refractivity contribution < 1.29 is 9.13 Å². The molecule has 0 spiro atoms. The molecular formula is C27H34FN5O. The monoisotopic (exact) mass is 463 g/mol. The van der Waals surface area contributed by atoms with Crippen molar-refractivity contribution in [3.63, 3.8) is 0 Å². The smallest absolute Gasteiger partial charge is 0.227 e. The molecule has 180 valence electrons. The third kappa shape index (κ3) is 4.93. The first kappa shape index (κ1) is 23.8. The minimum absolute atomic E-state index is 0.166. The third-order valence-electron chi connectivity index (χ3n) is 6.48. The van der Waals surface area contributed by atoms with Crippen LogP contribution in [0.25, 0.3) is 0 Å². The van der Waals surface area contributed by atoms with Gasteiger partial charge >= 0.3 is 0 Å². The van der Waals surface area contributed by atoms with E-state index in [2.05, 4.69) is 83.1 Å². The Kier molecular flexibility index (Phi) is 6.64. The van der Waals surface area contributed by atoms with Crippen molar-refractivity contribution in [3.8, 4) is 5.75 Å². The van der Waals surface area contributed by atoms with E-state index in [4.69, 9.17) is 4.74 Å². The molecule has 1 saturated heterocycles. The highest BCUT2D eigenvalue weighted by atomic mass is 19.1. The highest BCUT2D eigenvalue weighted by Crippen LogP contribution is 2.32. The van der Waals surface area contributed by atoms with Crippen molar-refractivity contribution in [3.05, 3.63) is 65.6 Å². The summed E-state index contributed by atoms with van der Waals surface area (Å²) in [5.74, 6) is 1.49. The number of hydrogen-bond donors (Lipinski definition) is 1. The normalized spacial score (nSPS) is 15.5. The second kappa shape index (κ2) is 9.49. The second-order valence-electron chi connectivity index (χ2n) is 9.80. The Morgan fingerprint density at radius 1 is 1.09 bits per heavy atom. The second-order valence-corrected chi connectivity index (χ2v) is 9.80. The van der Waals surface area contributed by atoms with E-state index in [1.165, 1.54) is 11.8 Å². The number of aryl methyl sites for hydroxylation is 1. The van der Waals surface area contributed by atoms with Gasteiger partial charge in [0.25, 0.3) is 0 Å².